The topological polar surface area (TPSA) is 104 Å². The highest BCUT2D eigenvalue weighted by Crippen LogP contribution is 2.52. The highest BCUT2D eigenvalue weighted by Gasteiger charge is 2.48. The number of nitrogens with one attached hydrogen (secondary N) is 1. The van der Waals surface area contributed by atoms with Gasteiger partial charge in [0.1, 0.15) is 22.5 Å². The van der Waals surface area contributed by atoms with Crippen molar-refractivity contribution in [3.8, 4) is 0 Å². The van der Waals surface area contributed by atoms with E-state index in [1.807, 2.05) is 20.8 Å². The van der Waals surface area contributed by atoms with Crippen LogP contribution in [0, 0.1) is 10.8 Å². The van der Waals surface area contributed by atoms with Crippen molar-refractivity contribution in [1.29, 1.82) is 0 Å². The second-order valence-corrected chi connectivity index (χ2v) is 12.2. The maximum atomic E-state index is 13.5. The van der Waals surface area contributed by atoms with Crippen LogP contribution in [0.5, 0.6) is 0 Å². The van der Waals surface area contributed by atoms with Crippen LogP contribution >= 0.6 is 7.52 Å². The van der Waals surface area contributed by atoms with Crippen molar-refractivity contribution in [3.63, 3.8) is 0 Å². The molecule has 0 aromatic carbocycles. The summed E-state index contributed by atoms with van der Waals surface area (Å²) in [4.78, 5) is 19.5. The van der Waals surface area contributed by atoms with Crippen molar-refractivity contribution < 1.29 is 19.0 Å². The van der Waals surface area contributed by atoms with Crippen LogP contribution in [0.4, 0.5) is 5.82 Å². The molecular formula is C22H33N4O4P. The number of carbonyl (C=O) groups is 1. The number of hydrogen-bond acceptors (Lipinski definition) is 6. The zero-order valence-corrected chi connectivity index (χ0v) is 20.3. The van der Waals surface area contributed by atoms with E-state index >= 15 is 0 Å². The number of aromatic nitrogens is 1. The van der Waals surface area contributed by atoms with Crippen molar-refractivity contribution in [2.24, 2.45) is 15.6 Å². The number of nitrogens with zero attached hydrogens (tertiary/aromatic N) is 3. The first-order chi connectivity index (χ1) is 14.3. The summed E-state index contributed by atoms with van der Waals surface area (Å²) >= 11 is 0. The van der Waals surface area contributed by atoms with Crippen molar-refractivity contribution in [3.05, 3.63) is 29.7 Å². The first kappa shape index (κ1) is 23.5. The normalized spacial score (nSPS) is 24.2. The Hall–Kier alpha value is -2.18. The molecular weight excluding hydrogens is 415 g/mol. The van der Waals surface area contributed by atoms with Gasteiger partial charge in [0.15, 0.2) is 5.84 Å². The second kappa shape index (κ2) is 8.06. The zero-order valence-electron chi connectivity index (χ0n) is 19.4. The van der Waals surface area contributed by atoms with E-state index < -0.39 is 19.0 Å². The van der Waals surface area contributed by atoms with E-state index in [0.717, 1.165) is 6.42 Å². The minimum Gasteiger partial charge on any atom is -0.509 e. The number of fused-ring (bicyclic) bond motifs is 1. The molecule has 0 radical (unpaired) electrons. The Morgan fingerprint density at radius 1 is 1.26 bits per heavy atom. The Morgan fingerprint density at radius 2 is 1.94 bits per heavy atom. The molecule has 3 rings (SSSR count). The lowest BCUT2D eigenvalue weighted by Gasteiger charge is -2.36. The molecule has 0 aliphatic carbocycles. The molecule has 2 unspecified atom stereocenters. The van der Waals surface area contributed by atoms with Gasteiger partial charge in [-0.25, -0.2) is 4.98 Å². The minimum absolute atomic E-state index is 0.0230. The number of aliphatic hydroxyl groups is 1. The minimum atomic E-state index is -3.64. The molecule has 0 fully saturated rings. The molecule has 2 aliphatic heterocycles. The molecule has 0 saturated heterocycles. The summed E-state index contributed by atoms with van der Waals surface area (Å²) in [6, 6.07) is 2.79. The molecule has 1 amide bonds. The summed E-state index contributed by atoms with van der Waals surface area (Å²) in [5, 5.41) is 14.5. The van der Waals surface area contributed by atoms with Gasteiger partial charge in [-0.2, -0.15) is 4.76 Å². The quantitative estimate of drug-likeness (QED) is 0.652. The van der Waals surface area contributed by atoms with Gasteiger partial charge in [-0.1, -0.05) is 41.5 Å². The third-order valence-corrected chi connectivity index (χ3v) is 7.37. The molecule has 0 bridgehead atoms. The molecule has 170 valence electrons. The van der Waals surface area contributed by atoms with Crippen LogP contribution < -0.4 is 10.6 Å². The van der Waals surface area contributed by atoms with Crippen LogP contribution in [-0.4, -0.2) is 45.9 Å². The van der Waals surface area contributed by atoms with E-state index in [0.29, 0.717) is 17.7 Å². The highest BCUT2D eigenvalue weighted by molar-refractivity contribution is 7.66. The fourth-order valence-corrected chi connectivity index (χ4v) is 5.59. The third-order valence-electron chi connectivity index (χ3n) is 5.32. The fourth-order valence-electron chi connectivity index (χ4n) is 3.87. The Morgan fingerprint density at radius 3 is 2.52 bits per heavy atom. The van der Waals surface area contributed by atoms with Crippen LogP contribution in [0.2, 0.25) is 0 Å². The summed E-state index contributed by atoms with van der Waals surface area (Å²) in [7, 11) is -3.64. The Balaban J connectivity index is 2.08. The number of rotatable bonds is 5. The van der Waals surface area contributed by atoms with E-state index in [9.17, 15) is 14.5 Å². The van der Waals surface area contributed by atoms with Gasteiger partial charge in [-0.15, -0.1) is 0 Å². The van der Waals surface area contributed by atoms with Gasteiger partial charge in [-0.3, -0.25) is 9.36 Å². The van der Waals surface area contributed by atoms with Gasteiger partial charge in [0.05, 0.1) is 12.6 Å². The van der Waals surface area contributed by atoms with Gasteiger partial charge in [-0.05, 0) is 36.3 Å². The number of carbonyl (C=O) groups excluding carboxylic acids is 1. The van der Waals surface area contributed by atoms with Gasteiger partial charge in [0, 0.05) is 12.7 Å². The smallest absolute Gasteiger partial charge is 0.350 e. The molecule has 2 N–H and O–H groups in total. The van der Waals surface area contributed by atoms with Crippen LogP contribution in [0.1, 0.15) is 54.9 Å². The number of aliphatic hydroxyl groups excluding tert-OH is 1. The van der Waals surface area contributed by atoms with E-state index in [1.54, 1.807) is 30.2 Å². The lowest BCUT2D eigenvalue weighted by molar-refractivity contribution is -0.128. The van der Waals surface area contributed by atoms with Crippen LogP contribution in [0.3, 0.4) is 0 Å². The van der Waals surface area contributed by atoms with Crippen molar-refractivity contribution >= 4 is 30.4 Å². The molecule has 0 spiro atoms. The number of anilines is 1. The van der Waals surface area contributed by atoms with Crippen LogP contribution in [0.15, 0.2) is 34.4 Å². The molecule has 0 saturated carbocycles. The molecule has 1 aromatic rings. The van der Waals surface area contributed by atoms with Gasteiger partial charge in [0.2, 0.25) is 0 Å². The lowest BCUT2D eigenvalue weighted by atomic mass is 9.84. The summed E-state index contributed by atoms with van der Waals surface area (Å²) in [6.45, 7) is 14.7. The SMILES string of the molecule is CCOP1(=O)N=C(C2=C(O)C(C(C)(C)C)N(CCC(C)(C)C)C2=O)Nc2ncccc21. The number of amides is 1. The predicted octanol–water partition coefficient (Wildman–Crippen LogP) is 4.27. The molecule has 8 nitrogen and oxygen atoms in total. The fraction of sp³-hybridized carbons (Fsp3) is 0.591. The van der Waals surface area contributed by atoms with Gasteiger partial charge in [0.25, 0.3) is 5.91 Å². The third kappa shape index (κ3) is 4.55. The summed E-state index contributed by atoms with van der Waals surface area (Å²) < 4.78 is 23.4. The Labute approximate surface area is 184 Å². The number of hydrogen-bond donors (Lipinski definition) is 2. The first-order valence-electron chi connectivity index (χ1n) is 10.6. The van der Waals surface area contributed by atoms with Crippen molar-refractivity contribution in [1.82, 2.24) is 9.88 Å². The number of amidine groups is 1. The summed E-state index contributed by atoms with van der Waals surface area (Å²) in [6.07, 6.45) is 2.33. The predicted molar refractivity (Wildman–Crippen MR) is 123 cm³/mol. The van der Waals surface area contributed by atoms with Crippen molar-refractivity contribution in [2.45, 2.75) is 60.9 Å². The molecule has 9 heteroatoms. The van der Waals surface area contributed by atoms with Crippen molar-refractivity contribution in [2.75, 3.05) is 18.5 Å². The summed E-state index contributed by atoms with van der Waals surface area (Å²) in [5.41, 5.74) is -0.353. The maximum absolute atomic E-state index is 13.5. The monoisotopic (exact) mass is 448 g/mol. The average molecular weight is 449 g/mol. The molecule has 1 aromatic heterocycles. The average Bonchev–Trinajstić information content (AvgIpc) is 2.89. The maximum Gasteiger partial charge on any atom is 0.350 e. The lowest BCUT2D eigenvalue weighted by Crippen LogP contribution is -2.45. The van der Waals surface area contributed by atoms with E-state index in [-0.39, 0.29) is 35.1 Å². The zero-order chi connectivity index (χ0) is 23.2. The molecule has 31 heavy (non-hydrogen) atoms. The summed E-state index contributed by atoms with van der Waals surface area (Å²) in [5.74, 6) is -0.0498. The largest absolute Gasteiger partial charge is 0.509 e. The van der Waals surface area contributed by atoms with E-state index in [2.05, 4.69) is 35.8 Å². The first-order valence-corrected chi connectivity index (χ1v) is 12.2. The van der Waals surface area contributed by atoms with Gasteiger partial charge >= 0.3 is 7.52 Å². The Bertz CT molecular complexity index is 988. The van der Waals surface area contributed by atoms with E-state index in [1.165, 1.54) is 0 Å². The molecule has 2 aliphatic rings. The van der Waals surface area contributed by atoms with Gasteiger partial charge < -0.3 is 19.8 Å². The standard InChI is InChI=1S/C22H33N4O4P/c1-8-30-31(29)14-10-9-12-23-18(14)24-19(25-31)15-16(27)17(22(5,6)7)26(20(15)28)13-11-21(2,3)4/h9-10,12,17,27H,8,11,13H2,1-7H3,(H,23,24,25,29). The molecule has 3 heterocycles. The Kier molecular flexibility index (Phi) is 6.11. The van der Waals surface area contributed by atoms with Crippen LogP contribution in [-0.2, 0) is 13.9 Å². The second-order valence-electron chi connectivity index (χ2n) is 10.2. The highest BCUT2D eigenvalue weighted by atomic mass is 31.2. The molecule has 2 atom stereocenters. The van der Waals surface area contributed by atoms with Crippen LogP contribution in [0.25, 0.3) is 0 Å². The van der Waals surface area contributed by atoms with E-state index in [4.69, 9.17) is 4.52 Å². The number of pyridine rings is 1.